The lowest BCUT2D eigenvalue weighted by atomic mass is 9.77. The molecule has 214 valence electrons. The molecule has 2 bridgehead atoms. The number of aromatic hydroxyl groups is 1. The number of hydrogen-bond donors (Lipinski definition) is 3. The van der Waals surface area contributed by atoms with Crippen molar-refractivity contribution in [2.75, 3.05) is 13.2 Å². The van der Waals surface area contributed by atoms with Gasteiger partial charge in [0.15, 0.2) is 5.69 Å². The summed E-state index contributed by atoms with van der Waals surface area (Å²) in [6, 6.07) is 4.86. The number of ether oxygens (including phenoxy) is 1. The third kappa shape index (κ3) is 5.26. The van der Waals surface area contributed by atoms with E-state index >= 15 is 0 Å². The Morgan fingerprint density at radius 2 is 1.90 bits per heavy atom. The molecule has 12 heteroatoms. The maximum atomic E-state index is 13.6. The summed E-state index contributed by atoms with van der Waals surface area (Å²) in [6.45, 7) is 2.93. The van der Waals surface area contributed by atoms with Gasteiger partial charge in [-0.05, 0) is 68.6 Å². The van der Waals surface area contributed by atoms with Gasteiger partial charge in [-0.15, -0.1) is 0 Å². The van der Waals surface area contributed by atoms with Gasteiger partial charge in [-0.3, -0.25) is 23.9 Å². The van der Waals surface area contributed by atoms with Crippen molar-refractivity contribution in [2.45, 2.75) is 76.5 Å². The second-order valence-electron chi connectivity index (χ2n) is 10.8. The summed E-state index contributed by atoms with van der Waals surface area (Å²) in [6.07, 6.45) is 3.75. The first-order chi connectivity index (χ1) is 19.2. The second kappa shape index (κ2) is 11.3. The molecule has 1 aliphatic carbocycles. The van der Waals surface area contributed by atoms with Crippen molar-refractivity contribution in [3.05, 3.63) is 57.5 Å². The van der Waals surface area contributed by atoms with Gasteiger partial charge < -0.3 is 20.5 Å². The van der Waals surface area contributed by atoms with E-state index in [1.807, 2.05) is 6.92 Å². The molecular formula is C28H34FN5O6. The van der Waals surface area contributed by atoms with E-state index in [1.165, 1.54) is 33.7 Å². The third-order valence-electron chi connectivity index (χ3n) is 8.14. The number of carbonyl (C=O) groups is 3. The number of nitrogens with zero attached hydrogens (tertiary/aromatic N) is 3. The number of hydrogen-bond acceptors (Lipinski definition) is 7. The zero-order valence-corrected chi connectivity index (χ0v) is 22.5. The van der Waals surface area contributed by atoms with Crippen molar-refractivity contribution in [1.82, 2.24) is 25.1 Å². The Balaban J connectivity index is 1.43. The summed E-state index contributed by atoms with van der Waals surface area (Å²) < 4.78 is 19.9. The number of benzene rings is 1. The van der Waals surface area contributed by atoms with Crippen LogP contribution in [0.15, 0.2) is 29.1 Å². The van der Waals surface area contributed by atoms with Gasteiger partial charge in [0, 0.05) is 19.6 Å². The number of likely N-dealkylation sites (tertiary alicyclic amines) is 1. The van der Waals surface area contributed by atoms with E-state index < -0.39 is 46.4 Å². The fourth-order valence-corrected chi connectivity index (χ4v) is 5.97. The minimum absolute atomic E-state index is 0.0360. The SMILES string of the molecule is CCCOC(=O)N1CCCC1C(=O)NC12CCC(CC1)Cn1c2nc(C(=O)NCc2ccc(F)cc2)c(O)c1=O. The van der Waals surface area contributed by atoms with Gasteiger partial charge in [0.1, 0.15) is 17.7 Å². The molecule has 1 aromatic carbocycles. The van der Waals surface area contributed by atoms with Crippen molar-refractivity contribution >= 4 is 17.9 Å². The highest BCUT2D eigenvalue weighted by Crippen LogP contribution is 2.43. The summed E-state index contributed by atoms with van der Waals surface area (Å²) in [5.74, 6) is -1.90. The Morgan fingerprint density at radius 3 is 2.60 bits per heavy atom. The van der Waals surface area contributed by atoms with Gasteiger partial charge >= 0.3 is 6.09 Å². The van der Waals surface area contributed by atoms with Gasteiger partial charge in [-0.2, -0.15) is 0 Å². The number of carbonyl (C=O) groups excluding carboxylic acids is 3. The normalized spacial score (nSPS) is 23.3. The molecule has 2 aromatic rings. The van der Waals surface area contributed by atoms with Crippen LogP contribution >= 0.6 is 0 Å². The molecule has 0 radical (unpaired) electrons. The maximum absolute atomic E-state index is 13.6. The largest absolute Gasteiger partial charge is 0.501 e. The quantitative estimate of drug-likeness (QED) is 0.477. The third-order valence-corrected chi connectivity index (χ3v) is 8.14. The molecule has 1 saturated heterocycles. The molecule has 4 aliphatic rings. The number of rotatable bonds is 7. The van der Waals surface area contributed by atoms with E-state index in [0.29, 0.717) is 50.8 Å². The summed E-state index contributed by atoms with van der Waals surface area (Å²) in [4.78, 5) is 58.5. The lowest BCUT2D eigenvalue weighted by Gasteiger charge is -2.38. The van der Waals surface area contributed by atoms with Gasteiger partial charge in [-0.1, -0.05) is 19.1 Å². The van der Waals surface area contributed by atoms with Crippen molar-refractivity contribution in [3.8, 4) is 5.75 Å². The Bertz CT molecular complexity index is 1350. The first kappa shape index (κ1) is 27.6. The molecule has 1 saturated carbocycles. The maximum Gasteiger partial charge on any atom is 0.410 e. The van der Waals surface area contributed by atoms with Crippen LogP contribution < -0.4 is 16.2 Å². The molecule has 6 rings (SSSR count). The highest BCUT2D eigenvalue weighted by molar-refractivity contribution is 5.94. The van der Waals surface area contributed by atoms with Gasteiger partial charge in [0.2, 0.25) is 11.7 Å². The number of halogens is 1. The minimum atomic E-state index is -1.04. The first-order valence-corrected chi connectivity index (χ1v) is 13.8. The van der Waals surface area contributed by atoms with Crippen LogP contribution in [0.5, 0.6) is 5.75 Å². The Morgan fingerprint density at radius 1 is 1.18 bits per heavy atom. The van der Waals surface area contributed by atoms with Gasteiger partial charge in [-0.25, -0.2) is 14.2 Å². The molecule has 0 spiro atoms. The van der Waals surface area contributed by atoms with E-state index in [2.05, 4.69) is 15.6 Å². The summed E-state index contributed by atoms with van der Waals surface area (Å²) in [5, 5.41) is 16.4. The molecule has 11 nitrogen and oxygen atoms in total. The van der Waals surface area contributed by atoms with Gasteiger partial charge in [0.05, 0.1) is 12.1 Å². The standard InChI is InChI=1S/C28H34FN5O6/c1-2-14-40-27(39)33-13-3-4-20(33)23(36)32-28-11-9-18(10-12-28)16-34-25(38)22(35)21(31-26(28)34)24(37)30-15-17-5-7-19(29)8-6-17/h5-8,18,20,35H,2-4,9-16H2,1H3,(H,30,37)(H,32,36). The van der Waals surface area contributed by atoms with Crippen LogP contribution in [0.25, 0.3) is 0 Å². The smallest absolute Gasteiger partial charge is 0.410 e. The van der Waals surface area contributed by atoms with Crippen LogP contribution in [-0.4, -0.2) is 56.7 Å². The lowest BCUT2D eigenvalue weighted by molar-refractivity contribution is -0.128. The van der Waals surface area contributed by atoms with Crippen molar-refractivity contribution in [1.29, 1.82) is 0 Å². The molecule has 1 atom stereocenters. The molecule has 3 aliphatic heterocycles. The topological polar surface area (TPSA) is 143 Å². The van der Waals surface area contributed by atoms with Crippen molar-refractivity contribution in [2.24, 2.45) is 5.92 Å². The predicted molar refractivity (Wildman–Crippen MR) is 141 cm³/mol. The molecule has 1 unspecified atom stereocenters. The van der Waals surface area contributed by atoms with E-state index in [-0.39, 0.29) is 30.8 Å². The number of fused-ring (bicyclic) bond motifs is 2. The van der Waals surface area contributed by atoms with Crippen LogP contribution in [0.3, 0.4) is 0 Å². The van der Waals surface area contributed by atoms with Crippen LogP contribution in [0.2, 0.25) is 0 Å². The van der Waals surface area contributed by atoms with Crippen molar-refractivity contribution in [3.63, 3.8) is 0 Å². The fourth-order valence-electron chi connectivity index (χ4n) is 5.97. The number of aromatic nitrogens is 2. The Kier molecular flexibility index (Phi) is 7.77. The molecule has 40 heavy (non-hydrogen) atoms. The van der Waals surface area contributed by atoms with Crippen LogP contribution in [0.1, 0.15) is 73.7 Å². The molecule has 2 fully saturated rings. The van der Waals surface area contributed by atoms with E-state index in [9.17, 15) is 28.7 Å². The van der Waals surface area contributed by atoms with Crippen LogP contribution in [0, 0.1) is 11.7 Å². The van der Waals surface area contributed by atoms with E-state index in [4.69, 9.17) is 4.74 Å². The number of amides is 3. The molecular weight excluding hydrogens is 521 g/mol. The summed E-state index contributed by atoms with van der Waals surface area (Å²) in [5.41, 5.74) is -1.58. The fraction of sp³-hybridized carbons (Fsp3) is 0.536. The average molecular weight is 556 g/mol. The second-order valence-corrected chi connectivity index (χ2v) is 10.8. The predicted octanol–water partition coefficient (Wildman–Crippen LogP) is 2.54. The first-order valence-electron chi connectivity index (χ1n) is 13.8. The average Bonchev–Trinajstić information content (AvgIpc) is 3.34. The van der Waals surface area contributed by atoms with E-state index in [1.54, 1.807) is 0 Å². The summed E-state index contributed by atoms with van der Waals surface area (Å²) in [7, 11) is 0. The monoisotopic (exact) mass is 555 g/mol. The summed E-state index contributed by atoms with van der Waals surface area (Å²) >= 11 is 0. The van der Waals surface area contributed by atoms with Gasteiger partial charge in [0.25, 0.3) is 11.5 Å². The highest BCUT2D eigenvalue weighted by Gasteiger charge is 2.48. The minimum Gasteiger partial charge on any atom is -0.501 e. The molecule has 4 heterocycles. The molecule has 3 amide bonds. The molecule has 3 N–H and O–H groups in total. The Hall–Kier alpha value is -3.96. The van der Waals surface area contributed by atoms with Crippen LogP contribution in [0.4, 0.5) is 9.18 Å². The highest BCUT2D eigenvalue weighted by atomic mass is 19.1. The lowest BCUT2D eigenvalue weighted by Crippen LogP contribution is -2.55. The zero-order chi connectivity index (χ0) is 28.4. The Labute approximate surface area is 230 Å². The molecule has 1 aromatic heterocycles. The zero-order valence-electron chi connectivity index (χ0n) is 22.5. The van der Waals surface area contributed by atoms with Crippen LogP contribution in [-0.2, 0) is 28.2 Å². The van der Waals surface area contributed by atoms with E-state index in [0.717, 1.165) is 12.8 Å². The van der Waals surface area contributed by atoms with Crippen molar-refractivity contribution < 1.29 is 28.6 Å². The number of nitrogens with one attached hydrogen (secondary N) is 2.